The number of benzene rings is 1. The summed E-state index contributed by atoms with van der Waals surface area (Å²) in [7, 11) is 0. The molecule has 1 aromatic carbocycles. The molecule has 140 valence electrons. The Balaban J connectivity index is 1.49. The number of hydrogen-bond acceptors (Lipinski definition) is 5. The minimum Gasteiger partial charge on any atom is -0.357 e. The third-order valence-corrected chi connectivity index (χ3v) is 7.10. The second-order valence-electron chi connectivity index (χ2n) is 8.65. The van der Waals surface area contributed by atoms with Crippen LogP contribution in [0.4, 0.5) is 0 Å². The van der Waals surface area contributed by atoms with Crippen LogP contribution < -0.4 is 16.4 Å². The second-order valence-corrected chi connectivity index (χ2v) is 8.65. The largest absolute Gasteiger partial charge is 0.357 e. The van der Waals surface area contributed by atoms with Crippen LogP contribution in [0.25, 0.3) is 0 Å². The molecule has 0 bridgehead atoms. The summed E-state index contributed by atoms with van der Waals surface area (Å²) in [5, 5.41) is 7.21. The van der Waals surface area contributed by atoms with Crippen LogP contribution in [0.3, 0.4) is 0 Å². The van der Waals surface area contributed by atoms with Crippen molar-refractivity contribution in [2.24, 2.45) is 22.1 Å². The average molecular weight is 354 g/mol. The predicted molar refractivity (Wildman–Crippen MR) is 105 cm³/mol. The molecule has 4 N–H and O–H groups in total. The SMILES string of the molecule is NC1N=C(N2CCNCC2)C2CCCCC3(Cc4ccccc4C3)C2N1. The fourth-order valence-corrected chi connectivity index (χ4v) is 5.95. The fraction of sp³-hybridized carbons (Fsp3) is 0.667. The lowest BCUT2D eigenvalue weighted by Gasteiger charge is -2.47. The highest BCUT2D eigenvalue weighted by Gasteiger charge is 2.51. The topological polar surface area (TPSA) is 65.7 Å². The van der Waals surface area contributed by atoms with Crippen LogP contribution in [0.15, 0.2) is 29.3 Å². The summed E-state index contributed by atoms with van der Waals surface area (Å²) in [5.41, 5.74) is 9.81. The van der Waals surface area contributed by atoms with E-state index in [2.05, 4.69) is 39.8 Å². The number of rotatable bonds is 0. The first kappa shape index (κ1) is 16.7. The quantitative estimate of drug-likeness (QED) is 0.661. The standard InChI is InChI=1S/C21H31N5/c22-20-24-18-17(19(25-20)26-11-9-23-10-12-26)7-3-4-8-21(18)13-15-5-1-2-6-16(15)14-21/h1-2,5-6,17-18,20,23-24H,3-4,7-14,22H2. The van der Waals surface area contributed by atoms with Crippen LogP contribution in [-0.4, -0.2) is 49.2 Å². The monoisotopic (exact) mass is 353 g/mol. The Morgan fingerprint density at radius 2 is 1.81 bits per heavy atom. The van der Waals surface area contributed by atoms with E-state index in [0.717, 1.165) is 26.2 Å². The van der Waals surface area contributed by atoms with Crippen molar-refractivity contribution in [2.45, 2.75) is 50.9 Å². The summed E-state index contributed by atoms with van der Waals surface area (Å²) >= 11 is 0. The van der Waals surface area contributed by atoms with Crippen LogP contribution in [0.5, 0.6) is 0 Å². The Kier molecular flexibility index (Phi) is 4.26. The number of hydrogen-bond donors (Lipinski definition) is 3. The van der Waals surface area contributed by atoms with Crippen molar-refractivity contribution in [2.75, 3.05) is 26.2 Å². The Morgan fingerprint density at radius 1 is 1.08 bits per heavy atom. The van der Waals surface area contributed by atoms with Gasteiger partial charge < -0.3 is 10.2 Å². The number of aliphatic imine (C=N–C) groups is 1. The highest BCUT2D eigenvalue weighted by molar-refractivity contribution is 5.86. The number of fused-ring (bicyclic) bond motifs is 3. The highest BCUT2D eigenvalue weighted by atomic mass is 15.3. The second kappa shape index (κ2) is 6.63. The first-order valence-corrected chi connectivity index (χ1v) is 10.4. The van der Waals surface area contributed by atoms with E-state index in [1.54, 1.807) is 11.1 Å². The van der Waals surface area contributed by atoms with Gasteiger partial charge in [0.2, 0.25) is 0 Å². The molecule has 0 amide bonds. The van der Waals surface area contributed by atoms with Gasteiger partial charge in [0.05, 0.1) is 0 Å². The minimum absolute atomic E-state index is 0.264. The van der Waals surface area contributed by atoms with E-state index in [0.29, 0.717) is 17.4 Å². The maximum atomic E-state index is 6.40. The fourth-order valence-electron chi connectivity index (χ4n) is 5.95. The molecule has 1 saturated heterocycles. The molecule has 0 radical (unpaired) electrons. The molecule has 1 spiro atoms. The van der Waals surface area contributed by atoms with Crippen molar-refractivity contribution in [1.29, 1.82) is 0 Å². The summed E-state index contributed by atoms with van der Waals surface area (Å²) in [6, 6.07) is 9.49. The lowest BCUT2D eigenvalue weighted by atomic mass is 9.69. The number of nitrogens with zero attached hydrogens (tertiary/aromatic N) is 2. The first-order chi connectivity index (χ1) is 12.8. The molecular formula is C21H31N5. The molecule has 3 atom stereocenters. The molecule has 26 heavy (non-hydrogen) atoms. The molecule has 5 heteroatoms. The van der Waals surface area contributed by atoms with Gasteiger partial charge >= 0.3 is 0 Å². The van der Waals surface area contributed by atoms with E-state index in [9.17, 15) is 0 Å². The van der Waals surface area contributed by atoms with Gasteiger partial charge in [-0.2, -0.15) is 0 Å². The molecule has 0 aromatic heterocycles. The van der Waals surface area contributed by atoms with Crippen molar-refractivity contribution < 1.29 is 0 Å². The van der Waals surface area contributed by atoms with Gasteiger partial charge in [0.25, 0.3) is 0 Å². The van der Waals surface area contributed by atoms with Gasteiger partial charge in [0.15, 0.2) is 6.29 Å². The normalized spacial score (nSPS) is 33.3. The summed E-state index contributed by atoms with van der Waals surface area (Å²) in [6.07, 6.45) is 7.30. The Morgan fingerprint density at radius 3 is 2.54 bits per heavy atom. The molecule has 3 unspecified atom stereocenters. The van der Waals surface area contributed by atoms with E-state index >= 15 is 0 Å². The highest BCUT2D eigenvalue weighted by Crippen LogP contribution is 2.49. The van der Waals surface area contributed by atoms with Crippen molar-refractivity contribution in [3.05, 3.63) is 35.4 Å². The maximum absolute atomic E-state index is 6.40. The predicted octanol–water partition coefficient (Wildman–Crippen LogP) is 1.48. The maximum Gasteiger partial charge on any atom is 0.153 e. The summed E-state index contributed by atoms with van der Waals surface area (Å²) < 4.78 is 0. The zero-order valence-corrected chi connectivity index (χ0v) is 15.6. The van der Waals surface area contributed by atoms with Gasteiger partial charge in [-0.1, -0.05) is 37.1 Å². The average Bonchev–Trinajstić information content (AvgIpc) is 2.96. The summed E-state index contributed by atoms with van der Waals surface area (Å²) in [6.45, 7) is 4.22. The minimum atomic E-state index is -0.264. The molecule has 5 rings (SSSR count). The zero-order valence-electron chi connectivity index (χ0n) is 15.6. The summed E-state index contributed by atoms with van der Waals surface area (Å²) in [5.74, 6) is 1.80. The Labute approximate surface area is 156 Å². The van der Waals surface area contributed by atoms with Gasteiger partial charge in [0.1, 0.15) is 5.84 Å². The van der Waals surface area contributed by atoms with E-state index < -0.39 is 0 Å². The number of piperazine rings is 1. The van der Waals surface area contributed by atoms with E-state index in [1.807, 2.05) is 0 Å². The van der Waals surface area contributed by atoms with Gasteiger partial charge in [-0.25, -0.2) is 4.99 Å². The van der Waals surface area contributed by atoms with Crippen molar-refractivity contribution in [1.82, 2.24) is 15.5 Å². The molecule has 2 aliphatic carbocycles. The van der Waals surface area contributed by atoms with E-state index in [-0.39, 0.29) is 6.29 Å². The molecule has 1 saturated carbocycles. The zero-order chi connectivity index (χ0) is 17.6. The van der Waals surface area contributed by atoms with Crippen molar-refractivity contribution in [3.63, 3.8) is 0 Å². The summed E-state index contributed by atoms with van der Waals surface area (Å²) in [4.78, 5) is 7.43. The van der Waals surface area contributed by atoms with Crippen LogP contribution >= 0.6 is 0 Å². The smallest absolute Gasteiger partial charge is 0.153 e. The third-order valence-electron chi connectivity index (χ3n) is 7.10. The first-order valence-electron chi connectivity index (χ1n) is 10.4. The number of nitrogens with one attached hydrogen (secondary N) is 2. The van der Waals surface area contributed by atoms with Crippen LogP contribution in [0.2, 0.25) is 0 Å². The Hall–Kier alpha value is -1.43. The van der Waals surface area contributed by atoms with Gasteiger partial charge in [0, 0.05) is 38.1 Å². The van der Waals surface area contributed by atoms with Crippen molar-refractivity contribution in [3.8, 4) is 0 Å². The van der Waals surface area contributed by atoms with Crippen LogP contribution in [0, 0.1) is 11.3 Å². The molecule has 5 nitrogen and oxygen atoms in total. The molecular weight excluding hydrogens is 322 g/mol. The lowest BCUT2D eigenvalue weighted by molar-refractivity contribution is 0.137. The van der Waals surface area contributed by atoms with Crippen molar-refractivity contribution >= 4 is 5.84 Å². The van der Waals surface area contributed by atoms with Crippen LogP contribution in [0.1, 0.15) is 36.8 Å². The van der Waals surface area contributed by atoms with E-state index in [1.165, 1.54) is 44.4 Å². The molecule has 1 aromatic rings. The number of amidine groups is 1. The lowest BCUT2D eigenvalue weighted by Crippen LogP contribution is -2.63. The molecule has 2 aliphatic heterocycles. The molecule has 4 aliphatic rings. The van der Waals surface area contributed by atoms with E-state index in [4.69, 9.17) is 10.7 Å². The van der Waals surface area contributed by atoms with Gasteiger partial charge in [-0.15, -0.1) is 0 Å². The molecule has 2 heterocycles. The van der Waals surface area contributed by atoms with Gasteiger partial charge in [-0.3, -0.25) is 11.1 Å². The molecule has 2 fully saturated rings. The van der Waals surface area contributed by atoms with Gasteiger partial charge in [-0.05, 0) is 42.2 Å². The third kappa shape index (κ3) is 2.77. The Bertz CT molecular complexity index is 668. The van der Waals surface area contributed by atoms with Crippen LogP contribution in [-0.2, 0) is 12.8 Å². The number of nitrogens with two attached hydrogens (primary N) is 1.